The van der Waals surface area contributed by atoms with E-state index in [0.717, 1.165) is 21.8 Å². The number of halogens is 4. The van der Waals surface area contributed by atoms with Gasteiger partial charge in [-0.2, -0.15) is 13.2 Å². The van der Waals surface area contributed by atoms with Crippen LogP contribution in [-0.2, 0) is 12.7 Å². The molecule has 0 atom stereocenters. The summed E-state index contributed by atoms with van der Waals surface area (Å²) in [4.78, 5) is 17.2. The Bertz CT molecular complexity index is 1580. The summed E-state index contributed by atoms with van der Waals surface area (Å²) in [7, 11) is 0. The molecule has 0 aliphatic carbocycles. The van der Waals surface area contributed by atoms with E-state index in [2.05, 4.69) is 4.98 Å². The molecule has 4 nitrogen and oxygen atoms in total. The molecular formula is C25H17F4N3OS. The molecule has 0 radical (unpaired) electrons. The molecule has 3 aromatic carbocycles. The number of aromatic nitrogens is 2. The van der Waals surface area contributed by atoms with E-state index in [-0.39, 0.29) is 23.2 Å². The van der Waals surface area contributed by atoms with Crippen LogP contribution in [0.1, 0.15) is 26.6 Å². The number of alkyl halides is 3. The van der Waals surface area contributed by atoms with Crippen molar-refractivity contribution in [2.45, 2.75) is 19.6 Å². The number of benzene rings is 3. The Morgan fingerprint density at radius 3 is 2.59 bits per heavy atom. The van der Waals surface area contributed by atoms with E-state index >= 15 is 0 Å². The van der Waals surface area contributed by atoms with E-state index < -0.39 is 23.5 Å². The van der Waals surface area contributed by atoms with Gasteiger partial charge in [0.25, 0.3) is 5.91 Å². The third-order valence-electron chi connectivity index (χ3n) is 5.64. The Morgan fingerprint density at radius 2 is 1.88 bits per heavy atom. The van der Waals surface area contributed by atoms with Crippen molar-refractivity contribution in [3.63, 3.8) is 0 Å². The second-order valence-corrected chi connectivity index (χ2v) is 9.18. The van der Waals surface area contributed by atoms with E-state index in [4.69, 9.17) is 5.73 Å². The predicted octanol–water partition coefficient (Wildman–Crippen LogP) is 6.53. The smallest absolute Gasteiger partial charge is 0.364 e. The van der Waals surface area contributed by atoms with Crippen LogP contribution in [0.15, 0.2) is 60.7 Å². The molecule has 2 N–H and O–H groups in total. The lowest BCUT2D eigenvalue weighted by molar-refractivity contribution is -0.137. The molecule has 0 unspecified atom stereocenters. The van der Waals surface area contributed by atoms with Crippen molar-refractivity contribution in [2.24, 2.45) is 5.73 Å². The highest BCUT2D eigenvalue weighted by Gasteiger charge is 2.32. The number of carbonyl (C=O) groups is 1. The molecular weight excluding hydrogens is 466 g/mol. The quantitative estimate of drug-likeness (QED) is 0.296. The highest BCUT2D eigenvalue weighted by atomic mass is 32.1. The lowest BCUT2D eigenvalue weighted by atomic mass is 10.00. The van der Waals surface area contributed by atoms with Crippen molar-refractivity contribution in [1.29, 1.82) is 0 Å². The second-order valence-electron chi connectivity index (χ2n) is 7.95. The fraction of sp³-hybridized carbons (Fsp3) is 0.120. The first-order valence-corrected chi connectivity index (χ1v) is 11.1. The van der Waals surface area contributed by atoms with Crippen LogP contribution >= 0.6 is 11.3 Å². The van der Waals surface area contributed by atoms with E-state index in [9.17, 15) is 22.4 Å². The molecule has 0 saturated heterocycles. The standard InChI is InChI=1S/C25H17F4N3OS/c1-13-31-19-10-15(5-8-21(19)34-13)22-18-11-16(25(27,28)29)6-7-20(18)32(23(22)24(30)33)12-14-3-2-4-17(26)9-14/h2-11H,12H2,1H3,(H2,30,33). The summed E-state index contributed by atoms with van der Waals surface area (Å²) in [6.07, 6.45) is -4.57. The number of nitrogens with zero attached hydrogens (tertiary/aromatic N) is 2. The number of aryl methyl sites for hydroxylation is 1. The van der Waals surface area contributed by atoms with Gasteiger partial charge < -0.3 is 10.3 Å². The van der Waals surface area contributed by atoms with Crippen LogP contribution in [0.4, 0.5) is 17.6 Å². The first-order chi connectivity index (χ1) is 16.1. The maximum Gasteiger partial charge on any atom is 0.416 e. The summed E-state index contributed by atoms with van der Waals surface area (Å²) in [5.41, 5.74) is 7.38. The molecule has 0 bridgehead atoms. The third kappa shape index (κ3) is 3.81. The van der Waals surface area contributed by atoms with Crippen molar-refractivity contribution >= 4 is 38.4 Å². The SMILES string of the molecule is Cc1nc2cc(-c3c(C(N)=O)n(Cc4cccc(F)c4)c4ccc(C(F)(F)F)cc34)ccc2s1. The van der Waals surface area contributed by atoms with E-state index in [1.54, 1.807) is 22.8 Å². The van der Waals surface area contributed by atoms with Crippen molar-refractivity contribution in [2.75, 3.05) is 0 Å². The number of nitrogens with two attached hydrogens (primary N) is 1. The maximum atomic E-state index is 13.8. The molecule has 0 saturated carbocycles. The van der Waals surface area contributed by atoms with E-state index in [1.165, 1.54) is 35.6 Å². The average Bonchev–Trinajstić information content (AvgIpc) is 3.29. The number of carbonyl (C=O) groups excluding carboxylic acids is 1. The number of hydrogen-bond acceptors (Lipinski definition) is 3. The van der Waals surface area contributed by atoms with Gasteiger partial charge in [0, 0.05) is 23.0 Å². The predicted molar refractivity (Wildman–Crippen MR) is 124 cm³/mol. The third-order valence-corrected chi connectivity index (χ3v) is 6.59. The van der Waals surface area contributed by atoms with Crippen LogP contribution in [-0.4, -0.2) is 15.5 Å². The minimum Gasteiger partial charge on any atom is -0.364 e. The van der Waals surface area contributed by atoms with Gasteiger partial charge in [0.15, 0.2) is 0 Å². The zero-order valence-electron chi connectivity index (χ0n) is 17.8. The van der Waals surface area contributed by atoms with Crippen LogP contribution in [0.2, 0.25) is 0 Å². The normalized spacial score (nSPS) is 12.0. The Balaban J connectivity index is 1.84. The zero-order chi connectivity index (χ0) is 24.2. The van der Waals surface area contributed by atoms with Crippen molar-refractivity contribution in [1.82, 2.24) is 9.55 Å². The minimum absolute atomic E-state index is 0.0462. The molecule has 2 heterocycles. The number of amides is 1. The number of fused-ring (bicyclic) bond motifs is 2. The van der Waals surface area contributed by atoms with Crippen molar-refractivity contribution in [3.05, 3.63) is 88.3 Å². The van der Waals surface area contributed by atoms with Gasteiger partial charge in [-0.1, -0.05) is 18.2 Å². The van der Waals surface area contributed by atoms with Crippen LogP contribution in [0.5, 0.6) is 0 Å². The largest absolute Gasteiger partial charge is 0.416 e. The second kappa shape index (κ2) is 7.95. The van der Waals surface area contributed by atoms with E-state index in [0.29, 0.717) is 22.2 Å². The molecule has 1 amide bonds. The van der Waals surface area contributed by atoms with Gasteiger partial charge in [-0.25, -0.2) is 9.37 Å². The van der Waals surface area contributed by atoms with Gasteiger partial charge in [-0.15, -0.1) is 11.3 Å². The molecule has 9 heteroatoms. The molecule has 5 rings (SSSR count). The van der Waals surface area contributed by atoms with Crippen LogP contribution < -0.4 is 5.73 Å². The molecule has 0 aliphatic rings. The topological polar surface area (TPSA) is 60.9 Å². The summed E-state index contributed by atoms with van der Waals surface area (Å²) in [6, 6.07) is 14.4. The van der Waals surface area contributed by atoms with Crippen LogP contribution in [0, 0.1) is 12.7 Å². The Labute approximate surface area is 195 Å². The molecule has 172 valence electrons. The number of thiazole rings is 1. The number of rotatable bonds is 4. The molecule has 34 heavy (non-hydrogen) atoms. The van der Waals surface area contributed by atoms with E-state index in [1.807, 2.05) is 13.0 Å². The summed E-state index contributed by atoms with van der Waals surface area (Å²) < 4.78 is 57.0. The lowest BCUT2D eigenvalue weighted by Crippen LogP contribution is -2.18. The Hall–Kier alpha value is -3.72. The fourth-order valence-corrected chi connectivity index (χ4v) is 5.07. The number of hydrogen-bond donors (Lipinski definition) is 1. The van der Waals surface area contributed by atoms with Gasteiger partial charge in [0.1, 0.15) is 11.5 Å². The minimum atomic E-state index is -4.57. The molecule has 2 aromatic heterocycles. The number of primary amides is 1. The summed E-state index contributed by atoms with van der Waals surface area (Å²) >= 11 is 1.49. The van der Waals surface area contributed by atoms with Crippen LogP contribution in [0.3, 0.4) is 0 Å². The van der Waals surface area contributed by atoms with Crippen molar-refractivity contribution < 1.29 is 22.4 Å². The fourth-order valence-electron chi connectivity index (χ4n) is 4.26. The first kappa shape index (κ1) is 22.1. The van der Waals surface area contributed by atoms with Gasteiger partial charge in [-0.05, 0) is 60.5 Å². The van der Waals surface area contributed by atoms with Gasteiger partial charge >= 0.3 is 6.18 Å². The Kier molecular flexibility index (Phi) is 5.16. The lowest BCUT2D eigenvalue weighted by Gasteiger charge is -2.11. The van der Waals surface area contributed by atoms with Gasteiger partial charge in [-0.3, -0.25) is 4.79 Å². The molecule has 0 aliphatic heterocycles. The first-order valence-electron chi connectivity index (χ1n) is 10.3. The Morgan fingerprint density at radius 1 is 1.09 bits per heavy atom. The van der Waals surface area contributed by atoms with Crippen molar-refractivity contribution in [3.8, 4) is 11.1 Å². The molecule has 0 spiro atoms. The zero-order valence-corrected chi connectivity index (χ0v) is 18.6. The average molecular weight is 483 g/mol. The summed E-state index contributed by atoms with van der Waals surface area (Å²) in [6.45, 7) is 1.91. The molecule has 5 aromatic rings. The van der Waals surface area contributed by atoms with Gasteiger partial charge in [0.2, 0.25) is 0 Å². The van der Waals surface area contributed by atoms with Gasteiger partial charge in [0.05, 0.1) is 20.8 Å². The summed E-state index contributed by atoms with van der Waals surface area (Å²) in [5.74, 6) is -1.26. The molecule has 0 fully saturated rings. The van der Waals surface area contributed by atoms with Crippen LogP contribution in [0.25, 0.3) is 32.2 Å². The highest BCUT2D eigenvalue weighted by molar-refractivity contribution is 7.18. The highest BCUT2D eigenvalue weighted by Crippen LogP contribution is 2.40. The monoisotopic (exact) mass is 483 g/mol. The maximum absolute atomic E-state index is 13.8. The summed E-state index contributed by atoms with van der Waals surface area (Å²) in [5, 5.41) is 1.07.